The van der Waals surface area contributed by atoms with E-state index >= 15 is 0 Å². The Morgan fingerprint density at radius 3 is 1.83 bits per heavy atom. The van der Waals surface area contributed by atoms with Crippen molar-refractivity contribution in [3.63, 3.8) is 0 Å². The van der Waals surface area contributed by atoms with Crippen LogP contribution in [0.5, 0.6) is 0 Å². The zero-order valence-electron chi connectivity index (χ0n) is 5.27. The van der Waals surface area contributed by atoms with Crippen LogP contribution in [-0.2, 0) is 0 Å². The van der Waals surface area contributed by atoms with E-state index in [1.165, 1.54) is 0 Å². The summed E-state index contributed by atoms with van der Waals surface area (Å²) in [6.07, 6.45) is 0. The van der Waals surface area contributed by atoms with Crippen molar-refractivity contribution in [2.45, 2.75) is 0 Å². The van der Waals surface area contributed by atoms with Crippen LogP contribution in [0.4, 0.5) is 4.39 Å². The van der Waals surface area contributed by atoms with Crippen LogP contribution in [0.1, 0.15) is 0 Å². The lowest BCUT2D eigenvalue weighted by Crippen LogP contribution is -1.85. The van der Waals surface area contributed by atoms with Gasteiger partial charge in [-0.2, -0.15) is 0 Å². The molecule has 0 atom stereocenters. The lowest BCUT2D eigenvalue weighted by Gasteiger charge is -2.06. The van der Waals surface area contributed by atoms with Crippen LogP contribution in [-0.4, -0.2) is 0 Å². The maximum atomic E-state index is 13.1. The van der Waals surface area contributed by atoms with E-state index in [1.54, 1.807) is 0 Å². The zero-order chi connectivity index (χ0) is 9.46. The summed E-state index contributed by atoms with van der Waals surface area (Å²) in [5.74, 6) is -0.572. The van der Waals surface area contributed by atoms with Gasteiger partial charge in [-0.3, -0.25) is 0 Å². The Morgan fingerprint density at radius 1 is 0.833 bits per heavy atom. The van der Waals surface area contributed by atoms with Crippen molar-refractivity contribution in [1.82, 2.24) is 0 Å². The van der Waals surface area contributed by atoms with Gasteiger partial charge in [0.25, 0.3) is 0 Å². The molecular weight excluding hydrogens is 402 g/mol. The van der Waals surface area contributed by atoms with E-state index in [9.17, 15) is 4.39 Å². The van der Waals surface area contributed by atoms with Crippen LogP contribution in [0.2, 0.25) is 10.0 Å². The molecule has 0 nitrogen and oxygen atoms in total. The Morgan fingerprint density at radius 2 is 1.33 bits per heavy atom. The quantitative estimate of drug-likeness (QED) is 0.402. The van der Waals surface area contributed by atoms with E-state index in [-0.39, 0.29) is 14.5 Å². The van der Waals surface area contributed by atoms with Gasteiger partial charge >= 0.3 is 0 Å². The second-order valence-corrected chi connectivity index (χ2v) is 5.02. The summed E-state index contributed by atoms with van der Waals surface area (Å²) < 4.78 is 14.4. The van der Waals surface area contributed by atoms with E-state index in [0.29, 0.717) is 8.95 Å². The van der Waals surface area contributed by atoms with E-state index in [0.717, 1.165) is 0 Å². The van der Waals surface area contributed by atoms with E-state index in [2.05, 4.69) is 47.8 Å². The predicted molar refractivity (Wildman–Crippen MR) is 59.5 cm³/mol. The van der Waals surface area contributed by atoms with Gasteiger partial charge in [0.05, 0.1) is 23.5 Å². The minimum Gasteiger partial charge on any atom is -0.204 e. The molecule has 0 saturated heterocycles. The summed E-state index contributed by atoms with van der Waals surface area (Å²) in [6.45, 7) is 0. The highest BCUT2D eigenvalue weighted by Crippen LogP contribution is 2.43. The van der Waals surface area contributed by atoms with Crippen molar-refractivity contribution in [2.75, 3.05) is 0 Å². The van der Waals surface area contributed by atoms with Crippen molar-refractivity contribution in [3.8, 4) is 0 Å². The molecule has 6 heteroatoms. The molecule has 0 radical (unpaired) electrons. The molecular formula is C6Br3Cl2F. The molecule has 12 heavy (non-hydrogen) atoms. The van der Waals surface area contributed by atoms with Gasteiger partial charge in [-0.15, -0.1) is 0 Å². The van der Waals surface area contributed by atoms with Gasteiger partial charge < -0.3 is 0 Å². The molecule has 0 unspecified atom stereocenters. The third-order valence-corrected chi connectivity index (χ3v) is 5.61. The van der Waals surface area contributed by atoms with Gasteiger partial charge in [-0.25, -0.2) is 4.39 Å². The Kier molecular flexibility index (Phi) is 3.87. The lowest BCUT2D eigenvalue weighted by atomic mass is 10.3. The first-order valence-corrected chi connectivity index (χ1v) is 5.77. The molecule has 1 aromatic rings. The molecule has 0 N–H and O–H groups in total. The molecule has 66 valence electrons. The van der Waals surface area contributed by atoms with E-state index < -0.39 is 5.82 Å². The highest BCUT2D eigenvalue weighted by molar-refractivity contribution is 9.14. The van der Waals surface area contributed by atoms with Crippen molar-refractivity contribution < 1.29 is 4.39 Å². The van der Waals surface area contributed by atoms with Crippen molar-refractivity contribution >= 4 is 71.0 Å². The first kappa shape index (κ1) is 11.2. The van der Waals surface area contributed by atoms with Crippen LogP contribution < -0.4 is 0 Å². The first-order chi connectivity index (χ1) is 5.46. The molecule has 0 amide bonds. The van der Waals surface area contributed by atoms with Gasteiger partial charge in [-0.05, 0) is 47.8 Å². The predicted octanol–water partition coefficient (Wildman–Crippen LogP) is 5.42. The third kappa shape index (κ3) is 1.82. The van der Waals surface area contributed by atoms with Crippen molar-refractivity contribution in [2.24, 2.45) is 0 Å². The Bertz CT molecular complexity index is 235. The maximum absolute atomic E-state index is 13.1. The summed E-state index contributed by atoms with van der Waals surface area (Å²) >= 11 is 20.6. The highest BCUT2D eigenvalue weighted by atomic mass is 79.9. The second-order valence-electron chi connectivity index (χ2n) is 1.88. The fourth-order valence-corrected chi connectivity index (χ4v) is 2.72. The molecule has 0 aliphatic heterocycles. The average molecular weight is 402 g/mol. The topological polar surface area (TPSA) is 0 Å². The van der Waals surface area contributed by atoms with E-state index in [1.807, 2.05) is 0 Å². The van der Waals surface area contributed by atoms with Crippen LogP contribution in [0.3, 0.4) is 0 Å². The third-order valence-electron chi connectivity index (χ3n) is 1.16. The molecule has 0 heterocycles. The summed E-state index contributed by atoms with van der Waals surface area (Å²) in [5.41, 5.74) is 0. The fourth-order valence-electron chi connectivity index (χ4n) is 0.578. The average Bonchev–Trinajstić information content (AvgIpc) is 2.08. The zero-order valence-corrected chi connectivity index (χ0v) is 11.5. The summed E-state index contributed by atoms with van der Waals surface area (Å²) in [7, 11) is 0. The SMILES string of the molecule is Fc1c(Cl)c(Cl)c(Br)c(Br)c1Br. The number of rotatable bonds is 0. The second kappa shape index (κ2) is 4.13. The van der Waals surface area contributed by atoms with Gasteiger partial charge in [0.2, 0.25) is 0 Å². The summed E-state index contributed by atoms with van der Waals surface area (Å²) in [5, 5.41) is 0.0582. The molecule has 0 bridgehead atoms. The molecule has 0 saturated carbocycles. The molecule has 1 aromatic carbocycles. The monoisotopic (exact) mass is 398 g/mol. The molecule has 1 rings (SSSR count). The standard InChI is InChI=1S/C6Br3Cl2F/c7-1-2(8)4(10)5(11)6(12)3(1)9. The number of hydrogen-bond acceptors (Lipinski definition) is 0. The van der Waals surface area contributed by atoms with Gasteiger partial charge in [0.1, 0.15) is 0 Å². The number of benzene rings is 1. The van der Waals surface area contributed by atoms with Crippen LogP contribution in [0, 0.1) is 5.82 Å². The smallest absolute Gasteiger partial charge is 0.158 e. The van der Waals surface area contributed by atoms with Crippen LogP contribution in [0.25, 0.3) is 0 Å². The van der Waals surface area contributed by atoms with Gasteiger partial charge in [0, 0.05) is 0 Å². The van der Waals surface area contributed by atoms with E-state index in [4.69, 9.17) is 23.2 Å². The van der Waals surface area contributed by atoms with Gasteiger partial charge in [0.15, 0.2) is 5.82 Å². The van der Waals surface area contributed by atoms with Crippen molar-refractivity contribution in [1.29, 1.82) is 0 Å². The van der Waals surface area contributed by atoms with Crippen molar-refractivity contribution in [3.05, 3.63) is 29.3 Å². The highest BCUT2D eigenvalue weighted by Gasteiger charge is 2.17. The number of halogens is 6. The fraction of sp³-hybridized carbons (Fsp3) is 0. The molecule has 0 fully saturated rings. The molecule has 0 spiro atoms. The molecule has 0 aromatic heterocycles. The molecule has 0 aliphatic carbocycles. The maximum Gasteiger partial charge on any atom is 0.158 e. The largest absolute Gasteiger partial charge is 0.204 e. The van der Waals surface area contributed by atoms with Crippen LogP contribution in [0.15, 0.2) is 13.4 Å². The molecule has 0 aliphatic rings. The Labute approximate surface area is 104 Å². The Balaban J connectivity index is 3.60. The minimum absolute atomic E-state index is 0.0985. The number of hydrogen-bond donors (Lipinski definition) is 0. The van der Waals surface area contributed by atoms with Crippen LogP contribution >= 0.6 is 71.0 Å². The lowest BCUT2D eigenvalue weighted by molar-refractivity contribution is 0.620. The summed E-state index contributed by atoms with van der Waals surface area (Å²) in [4.78, 5) is 0. The Hall–Kier alpha value is 1.17. The first-order valence-electron chi connectivity index (χ1n) is 2.63. The normalized spacial score (nSPS) is 10.5. The van der Waals surface area contributed by atoms with Gasteiger partial charge in [-0.1, -0.05) is 23.2 Å². The summed E-state index contributed by atoms with van der Waals surface area (Å²) in [6, 6.07) is 0. The minimum atomic E-state index is -0.572.